The van der Waals surface area contributed by atoms with Crippen LogP contribution >= 0.6 is 0 Å². The molecule has 10 heteroatoms. The number of ether oxygens (including phenoxy) is 1. The predicted molar refractivity (Wildman–Crippen MR) is 127 cm³/mol. The second-order valence-electron chi connectivity index (χ2n) is 7.88. The third-order valence-corrected chi connectivity index (χ3v) is 5.51. The fourth-order valence-corrected chi connectivity index (χ4v) is 4.00. The number of methoxy groups -OCH3 is 1. The highest BCUT2D eigenvalue weighted by Gasteiger charge is 2.24. The van der Waals surface area contributed by atoms with E-state index in [2.05, 4.69) is 9.97 Å². The number of rotatable bonds is 6. The van der Waals surface area contributed by atoms with Gasteiger partial charge in [-0.05, 0) is 31.2 Å². The van der Waals surface area contributed by atoms with Crippen LogP contribution < -0.4 is 10.2 Å². The summed E-state index contributed by atoms with van der Waals surface area (Å²) in [5.41, 5.74) is 1.84. The van der Waals surface area contributed by atoms with Gasteiger partial charge in [0.15, 0.2) is 5.76 Å². The van der Waals surface area contributed by atoms with Gasteiger partial charge in [-0.1, -0.05) is 12.1 Å². The average Bonchev–Trinajstić information content (AvgIpc) is 3.43. The summed E-state index contributed by atoms with van der Waals surface area (Å²) in [6, 6.07) is 11.9. The molecule has 0 radical (unpaired) electrons. The van der Waals surface area contributed by atoms with Crippen molar-refractivity contribution in [3.8, 4) is 45.6 Å². The Hall–Kier alpha value is -4.86. The molecule has 10 nitrogen and oxygen atoms in total. The molecular weight excluding hydrogens is 452 g/mol. The summed E-state index contributed by atoms with van der Waals surface area (Å²) >= 11 is 0. The lowest BCUT2D eigenvalue weighted by Crippen LogP contribution is -2.07. The summed E-state index contributed by atoms with van der Waals surface area (Å²) in [7, 11) is 1.55. The van der Waals surface area contributed by atoms with Crippen molar-refractivity contribution in [2.45, 2.75) is 13.5 Å². The Kier molecular flexibility index (Phi) is 5.33. The maximum absolute atomic E-state index is 12.3. The van der Waals surface area contributed by atoms with Gasteiger partial charge in [-0.25, -0.2) is 9.97 Å². The Balaban J connectivity index is 1.79. The van der Waals surface area contributed by atoms with Crippen LogP contribution in [0.3, 0.4) is 0 Å². The van der Waals surface area contributed by atoms with Crippen molar-refractivity contribution in [3.05, 3.63) is 70.8 Å². The van der Waals surface area contributed by atoms with E-state index in [1.54, 1.807) is 50.7 Å². The number of aromatic nitrogens is 4. The first-order chi connectivity index (χ1) is 16.9. The fourth-order valence-electron chi connectivity index (χ4n) is 4.00. The number of aryl methyl sites for hydroxylation is 1. The number of carboxylic acids is 1. The SMILES string of the molecule is COc1cccc(-c2nc(-c3cn(CC(=O)O)c4ncccc34)[nH]c2-c2oc(C)cc(=O)c2O)c1. The zero-order valence-electron chi connectivity index (χ0n) is 18.8. The van der Waals surface area contributed by atoms with Gasteiger partial charge in [0.2, 0.25) is 11.2 Å². The highest BCUT2D eigenvalue weighted by Crippen LogP contribution is 2.38. The molecule has 35 heavy (non-hydrogen) atoms. The molecule has 0 fully saturated rings. The first kappa shape index (κ1) is 22.0. The van der Waals surface area contributed by atoms with Crippen LogP contribution in [0.25, 0.3) is 45.1 Å². The molecule has 0 aliphatic carbocycles. The molecule has 1 aromatic carbocycles. The Labute approximate surface area is 198 Å². The van der Waals surface area contributed by atoms with Crippen LogP contribution in [0.1, 0.15) is 5.76 Å². The number of hydrogen-bond acceptors (Lipinski definition) is 7. The highest BCUT2D eigenvalue weighted by molar-refractivity contribution is 5.94. The quantitative estimate of drug-likeness (QED) is 0.338. The number of pyridine rings is 1. The summed E-state index contributed by atoms with van der Waals surface area (Å²) in [5.74, 6) is -0.330. The van der Waals surface area contributed by atoms with Crippen LogP contribution in [0, 0.1) is 6.92 Å². The van der Waals surface area contributed by atoms with Crippen molar-refractivity contribution >= 4 is 17.0 Å². The molecule has 0 aliphatic heterocycles. The molecule has 5 aromatic rings. The Morgan fingerprint density at radius 3 is 2.83 bits per heavy atom. The van der Waals surface area contributed by atoms with Crippen LogP contribution in [0.2, 0.25) is 0 Å². The maximum Gasteiger partial charge on any atom is 0.323 e. The number of carboxylic acid groups (broad SMARTS) is 1. The third-order valence-electron chi connectivity index (χ3n) is 5.51. The van der Waals surface area contributed by atoms with Crippen LogP contribution in [-0.2, 0) is 11.3 Å². The highest BCUT2D eigenvalue weighted by atomic mass is 16.5. The van der Waals surface area contributed by atoms with Crippen LogP contribution in [-0.4, -0.2) is 42.8 Å². The summed E-state index contributed by atoms with van der Waals surface area (Å²) in [5, 5.41) is 20.6. The molecule has 0 bridgehead atoms. The lowest BCUT2D eigenvalue weighted by atomic mass is 10.1. The predicted octanol–water partition coefficient (Wildman–Crippen LogP) is 3.82. The smallest absolute Gasteiger partial charge is 0.323 e. The summed E-state index contributed by atoms with van der Waals surface area (Å²) in [6.45, 7) is 1.33. The number of benzene rings is 1. The van der Waals surface area contributed by atoms with Gasteiger partial charge >= 0.3 is 5.97 Å². The van der Waals surface area contributed by atoms with Gasteiger partial charge in [0.1, 0.15) is 40.9 Å². The van der Waals surface area contributed by atoms with Gasteiger partial charge in [-0.3, -0.25) is 9.59 Å². The van der Waals surface area contributed by atoms with E-state index in [1.165, 1.54) is 10.6 Å². The molecule has 0 saturated carbocycles. The van der Waals surface area contributed by atoms with Crippen molar-refractivity contribution in [3.63, 3.8) is 0 Å². The average molecular weight is 472 g/mol. The summed E-state index contributed by atoms with van der Waals surface area (Å²) in [4.78, 5) is 36.0. The molecule has 0 aliphatic rings. The van der Waals surface area contributed by atoms with E-state index in [0.717, 1.165) is 0 Å². The minimum atomic E-state index is -1.01. The molecule has 0 amide bonds. The van der Waals surface area contributed by atoms with E-state index in [-0.39, 0.29) is 18.0 Å². The minimum absolute atomic E-state index is 0.0565. The number of hydrogen-bond donors (Lipinski definition) is 3. The number of nitrogens with one attached hydrogen (secondary N) is 1. The molecule has 0 unspecified atom stereocenters. The monoisotopic (exact) mass is 472 g/mol. The van der Waals surface area contributed by atoms with E-state index in [9.17, 15) is 19.8 Å². The lowest BCUT2D eigenvalue weighted by molar-refractivity contribution is -0.137. The van der Waals surface area contributed by atoms with E-state index in [4.69, 9.17) is 14.1 Å². The Bertz CT molecular complexity index is 1650. The number of carbonyl (C=O) groups is 1. The van der Waals surface area contributed by atoms with Crippen molar-refractivity contribution in [2.24, 2.45) is 0 Å². The normalized spacial score (nSPS) is 11.1. The van der Waals surface area contributed by atoms with Crippen molar-refractivity contribution < 1.29 is 24.2 Å². The van der Waals surface area contributed by atoms with E-state index >= 15 is 0 Å². The number of fused-ring (bicyclic) bond motifs is 1. The fraction of sp³-hybridized carbons (Fsp3) is 0.120. The first-order valence-electron chi connectivity index (χ1n) is 10.6. The number of imidazole rings is 1. The van der Waals surface area contributed by atoms with E-state index in [0.29, 0.717) is 45.2 Å². The molecular formula is C25H20N4O6. The topological polar surface area (TPSA) is 143 Å². The van der Waals surface area contributed by atoms with E-state index < -0.39 is 17.1 Å². The molecule has 4 heterocycles. The first-order valence-corrected chi connectivity index (χ1v) is 10.6. The van der Waals surface area contributed by atoms with Gasteiger partial charge in [-0.2, -0.15) is 0 Å². The standard InChI is InChI=1S/C25H20N4O6/c1-13-9-18(30)22(33)23(35-13)21-20(14-5-3-6-15(10-14)34-2)27-24(28-21)17-11-29(12-19(31)32)25-16(17)7-4-8-26-25/h3-11,33H,12H2,1-2H3,(H,27,28)(H,31,32). The molecule has 5 rings (SSSR count). The number of nitrogens with zero attached hydrogens (tertiary/aromatic N) is 3. The molecule has 3 N–H and O–H groups in total. The minimum Gasteiger partial charge on any atom is -0.501 e. The van der Waals surface area contributed by atoms with Crippen LogP contribution in [0.15, 0.2) is 64.1 Å². The van der Waals surface area contributed by atoms with E-state index in [1.807, 2.05) is 12.1 Å². The second kappa shape index (κ2) is 8.49. The summed E-state index contributed by atoms with van der Waals surface area (Å²) in [6.07, 6.45) is 3.23. The van der Waals surface area contributed by atoms with Gasteiger partial charge in [-0.15, -0.1) is 0 Å². The number of aliphatic carboxylic acids is 1. The molecule has 0 spiro atoms. The molecule has 0 saturated heterocycles. The zero-order chi connectivity index (χ0) is 24.7. The van der Waals surface area contributed by atoms with Crippen molar-refractivity contribution in [1.29, 1.82) is 0 Å². The van der Waals surface area contributed by atoms with Crippen LogP contribution in [0.5, 0.6) is 11.5 Å². The van der Waals surface area contributed by atoms with Crippen molar-refractivity contribution in [2.75, 3.05) is 7.11 Å². The van der Waals surface area contributed by atoms with Gasteiger partial charge < -0.3 is 28.9 Å². The lowest BCUT2D eigenvalue weighted by Gasteiger charge is -2.06. The van der Waals surface area contributed by atoms with Gasteiger partial charge in [0.25, 0.3) is 0 Å². The summed E-state index contributed by atoms with van der Waals surface area (Å²) < 4.78 is 12.6. The van der Waals surface area contributed by atoms with Crippen molar-refractivity contribution in [1.82, 2.24) is 19.5 Å². The number of H-pyrrole nitrogens is 1. The molecule has 4 aromatic heterocycles. The molecule has 0 atom stereocenters. The Morgan fingerprint density at radius 2 is 2.06 bits per heavy atom. The van der Waals surface area contributed by atoms with Gasteiger partial charge in [0, 0.05) is 35.0 Å². The largest absolute Gasteiger partial charge is 0.501 e. The maximum atomic E-state index is 12.3. The van der Waals surface area contributed by atoms with Gasteiger partial charge in [0.05, 0.1) is 7.11 Å². The van der Waals surface area contributed by atoms with Crippen LogP contribution in [0.4, 0.5) is 0 Å². The molecule has 176 valence electrons. The number of aromatic hydroxyl groups is 1. The second-order valence-corrected chi connectivity index (χ2v) is 7.88. The number of aromatic amines is 1. The zero-order valence-corrected chi connectivity index (χ0v) is 18.8. The third kappa shape index (κ3) is 3.90. The Morgan fingerprint density at radius 1 is 1.23 bits per heavy atom.